The Morgan fingerprint density at radius 3 is 2.36 bits per heavy atom. The smallest absolute Gasteiger partial charge is 0.303 e. The van der Waals surface area contributed by atoms with E-state index in [4.69, 9.17) is 5.11 Å². The first-order chi connectivity index (χ1) is 6.12. The van der Waals surface area contributed by atoms with Crippen molar-refractivity contribution in [3.8, 4) is 0 Å². The van der Waals surface area contributed by atoms with Gasteiger partial charge >= 0.3 is 5.97 Å². The molecule has 1 rings (SSSR count). The summed E-state index contributed by atoms with van der Waals surface area (Å²) in [5, 5.41) is 8.52. The second-order valence-electron chi connectivity index (χ2n) is 4.35. The number of hydrogen-bond acceptors (Lipinski definition) is 2. The maximum Gasteiger partial charge on any atom is 0.303 e. The number of rotatable bonds is 4. The largest absolute Gasteiger partial charge is 0.870 e. The van der Waals surface area contributed by atoms with Crippen molar-refractivity contribution in [1.82, 2.24) is 0 Å². The molecule has 0 amide bonds. The summed E-state index contributed by atoms with van der Waals surface area (Å²) in [4.78, 5) is 10.3. The van der Waals surface area contributed by atoms with Crippen molar-refractivity contribution < 1.29 is 19.9 Å². The first kappa shape index (κ1) is 13.4. The summed E-state index contributed by atoms with van der Waals surface area (Å²) in [6.45, 7) is 3.51. The molecule has 2 N–H and O–H groups in total. The molecule has 0 aromatic rings. The molecule has 0 bridgehead atoms. The third-order valence-corrected chi connectivity index (χ3v) is 2.98. The molecule has 1 aliphatic rings. The summed E-state index contributed by atoms with van der Waals surface area (Å²) >= 11 is 0. The molecule has 1 fully saturated rings. The predicted molar refractivity (Wildman–Crippen MR) is 53.4 cm³/mol. The fourth-order valence-corrected chi connectivity index (χ4v) is 2.11. The normalized spacial score (nSPS) is 19.8. The van der Waals surface area contributed by atoms with E-state index in [1.807, 2.05) is 0 Å². The van der Waals surface area contributed by atoms with Crippen LogP contribution in [0, 0.1) is 0 Å². The molecule has 84 valence electrons. The molecule has 0 aliphatic carbocycles. The standard InChI is InChI=1S/C10H19NO2.H2O/c1-11(7-3-2-4-8-11)9-5-6-10(12)13;/h2-9H2,1H3;1H2. The van der Waals surface area contributed by atoms with Crippen molar-refractivity contribution in [2.45, 2.75) is 32.1 Å². The van der Waals surface area contributed by atoms with E-state index in [-0.39, 0.29) is 5.48 Å². The minimum absolute atomic E-state index is 0. The molecular formula is C10H21NO3. The van der Waals surface area contributed by atoms with E-state index in [9.17, 15) is 4.79 Å². The number of aliphatic carboxylic acids is 1. The van der Waals surface area contributed by atoms with E-state index >= 15 is 0 Å². The van der Waals surface area contributed by atoms with Crippen LogP contribution in [0.15, 0.2) is 0 Å². The molecular weight excluding hydrogens is 182 g/mol. The Balaban J connectivity index is 0.00000169. The number of quaternary nitrogens is 1. The van der Waals surface area contributed by atoms with Crippen molar-refractivity contribution in [3.63, 3.8) is 0 Å². The highest BCUT2D eigenvalue weighted by atomic mass is 16.4. The van der Waals surface area contributed by atoms with Crippen molar-refractivity contribution in [2.24, 2.45) is 0 Å². The Labute approximate surface area is 85.4 Å². The van der Waals surface area contributed by atoms with Gasteiger partial charge in [0.05, 0.1) is 33.1 Å². The van der Waals surface area contributed by atoms with Gasteiger partial charge in [-0.1, -0.05) is 0 Å². The van der Waals surface area contributed by atoms with Crippen LogP contribution in [-0.2, 0) is 4.79 Å². The molecule has 0 saturated carbocycles. The molecule has 4 heteroatoms. The number of likely N-dealkylation sites (tertiary alicyclic amines) is 1. The molecule has 0 atom stereocenters. The number of carboxylic acid groups (broad SMARTS) is 1. The van der Waals surface area contributed by atoms with Crippen LogP contribution in [0.25, 0.3) is 0 Å². The van der Waals surface area contributed by atoms with Gasteiger partial charge in [-0.2, -0.15) is 0 Å². The van der Waals surface area contributed by atoms with Crippen LogP contribution in [0.3, 0.4) is 0 Å². The van der Waals surface area contributed by atoms with Gasteiger partial charge in [0.25, 0.3) is 0 Å². The molecule has 0 aromatic carbocycles. The zero-order chi connectivity index (χ0) is 9.73. The average Bonchev–Trinajstić information content (AvgIpc) is 2.04. The first-order valence-electron chi connectivity index (χ1n) is 5.18. The molecule has 0 unspecified atom stereocenters. The molecule has 0 aromatic heterocycles. The highest BCUT2D eigenvalue weighted by Crippen LogP contribution is 2.16. The zero-order valence-electron chi connectivity index (χ0n) is 8.91. The molecule has 14 heavy (non-hydrogen) atoms. The molecule has 4 nitrogen and oxygen atoms in total. The lowest BCUT2D eigenvalue weighted by molar-refractivity contribution is -0.914. The lowest BCUT2D eigenvalue weighted by Crippen LogP contribution is -2.48. The molecule has 0 spiro atoms. The molecule has 0 radical (unpaired) electrons. The minimum atomic E-state index is -0.663. The van der Waals surface area contributed by atoms with Crippen molar-refractivity contribution in [1.29, 1.82) is 0 Å². The summed E-state index contributed by atoms with van der Waals surface area (Å²) in [6, 6.07) is 0. The Morgan fingerprint density at radius 2 is 1.86 bits per heavy atom. The number of piperidine rings is 1. The van der Waals surface area contributed by atoms with Gasteiger partial charge < -0.3 is 15.1 Å². The summed E-state index contributed by atoms with van der Waals surface area (Å²) < 4.78 is 1.09. The fraction of sp³-hybridized carbons (Fsp3) is 0.900. The number of nitrogens with zero attached hydrogens (tertiary/aromatic N) is 1. The third-order valence-electron chi connectivity index (χ3n) is 2.98. The Kier molecular flexibility index (Phi) is 5.72. The minimum Gasteiger partial charge on any atom is -0.870 e. The van der Waals surface area contributed by atoms with Gasteiger partial charge in [0.1, 0.15) is 0 Å². The number of carboxylic acids is 1. The van der Waals surface area contributed by atoms with Gasteiger partial charge in [-0.15, -0.1) is 0 Å². The Hall–Kier alpha value is -0.610. The topological polar surface area (TPSA) is 67.3 Å². The molecule has 1 aliphatic heterocycles. The van der Waals surface area contributed by atoms with Crippen LogP contribution in [0.4, 0.5) is 0 Å². The van der Waals surface area contributed by atoms with Gasteiger partial charge in [-0.05, 0) is 19.3 Å². The Morgan fingerprint density at radius 1 is 1.29 bits per heavy atom. The summed E-state index contributed by atoms with van der Waals surface area (Å²) in [5.41, 5.74) is 0. The van der Waals surface area contributed by atoms with Crippen LogP contribution in [0.5, 0.6) is 0 Å². The van der Waals surface area contributed by atoms with Crippen molar-refractivity contribution in [3.05, 3.63) is 0 Å². The first-order valence-corrected chi connectivity index (χ1v) is 5.18. The summed E-state index contributed by atoms with van der Waals surface area (Å²) in [7, 11) is 2.25. The van der Waals surface area contributed by atoms with E-state index in [0.717, 1.165) is 17.4 Å². The van der Waals surface area contributed by atoms with Gasteiger partial charge in [0.15, 0.2) is 0 Å². The SMILES string of the molecule is C[N+]1(CCCC(=O)O)CCCCC1.[OH-]. The lowest BCUT2D eigenvalue weighted by atomic mass is 10.1. The third kappa shape index (κ3) is 4.58. The highest BCUT2D eigenvalue weighted by Gasteiger charge is 2.23. The van der Waals surface area contributed by atoms with Crippen molar-refractivity contribution >= 4 is 5.97 Å². The van der Waals surface area contributed by atoms with Gasteiger partial charge in [0.2, 0.25) is 0 Å². The van der Waals surface area contributed by atoms with E-state index in [0.29, 0.717) is 6.42 Å². The highest BCUT2D eigenvalue weighted by molar-refractivity contribution is 5.66. The van der Waals surface area contributed by atoms with Crippen LogP contribution >= 0.6 is 0 Å². The summed E-state index contributed by atoms with van der Waals surface area (Å²) in [6.07, 6.45) is 5.12. The van der Waals surface area contributed by atoms with Gasteiger partial charge in [-0.3, -0.25) is 4.79 Å². The monoisotopic (exact) mass is 203 g/mol. The van der Waals surface area contributed by atoms with Crippen LogP contribution in [-0.4, -0.2) is 47.7 Å². The van der Waals surface area contributed by atoms with E-state index < -0.39 is 5.97 Å². The molecule has 1 saturated heterocycles. The number of hydrogen-bond donors (Lipinski definition) is 1. The predicted octanol–water partition coefficient (Wildman–Crippen LogP) is 1.30. The number of carbonyl (C=O) groups is 1. The average molecular weight is 203 g/mol. The second kappa shape index (κ2) is 5.98. The lowest BCUT2D eigenvalue weighted by Gasteiger charge is -2.37. The van der Waals surface area contributed by atoms with E-state index in [1.165, 1.54) is 32.4 Å². The van der Waals surface area contributed by atoms with Crippen LogP contribution < -0.4 is 0 Å². The van der Waals surface area contributed by atoms with Crippen LogP contribution in [0.2, 0.25) is 0 Å². The quantitative estimate of drug-likeness (QED) is 0.700. The Bertz CT molecular complexity index is 176. The molecule has 1 heterocycles. The van der Waals surface area contributed by atoms with Crippen molar-refractivity contribution in [2.75, 3.05) is 26.7 Å². The van der Waals surface area contributed by atoms with Crippen LogP contribution in [0.1, 0.15) is 32.1 Å². The summed E-state index contributed by atoms with van der Waals surface area (Å²) in [5.74, 6) is -0.663. The zero-order valence-corrected chi connectivity index (χ0v) is 8.91. The van der Waals surface area contributed by atoms with Gasteiger partial charge in [0, 0.05) is 6.42 Å². The van der Waals surface area contributed by atoms with E-state index in [1.54, 1.807) is 0 Å². The fourth-order valence-electron chi connectivity index (χ4n) is 2.11. The second-order valence-corrected chi connectivity index (χ2v) is 4.35. The van der Waals surface area contributed by atoms with Gasteiger partial charge in [-0.25, -0.2) is 0 Å². The maximum atomic E-state index is 10.3. The maximum absolute atomic E-state index is 10.3. The van der Waals surface area contributed by atoms with E-state index in [2.05, 4.69) is 7.05 Å².